The minimum Gasteiger partial charge on any atom is -0.486 e. The summed E-state index contributed by atoms with van der Waals surface area (Å²) in [6.07, 6.45) is 2.13. The maximum absolute atomic E-state index is 13.6. The molecule has 6 nitrogen and oxygen atoms in total. The first-order valence-electron chi connectivity index (χ1n) is 11.1. The van der Waals surface area contributed by atoms with E-state index in [2.05, 4.69) is 0 Å². The molecule has 1 heterocycles. The molecule has 1 aromatic heterocycles. The van der Waals surface area contributed by atoms with Crippen LogP contribution in [0.25, 0.3) is 17.2 Å². The van der Waals surface area contributed by atoms with Crippen LogP contribution < -0.4 is 4.74 Å². The molecule has 0 radical (unpaired) electrons. The fourth-order valence-corrected chi connectivity index (χ4v) is 3.66. The van der Waals surface area contributed by atoms with Crippen molar-refractivity contribution in [2.24, 2.45) is 0 Å². The number of halogens is 1. The fraction of sp³-hybridized carbons (Fsp3) is 0.296. The van der Waals surface area contributed by atoms with Crippen molar-refractivity contribution in [3.8, 4) is 16.9 Å². The van der Waals surface area contributed by atoms with E-state index in [1.807, 2.05) is 32.0 Å². The first-order valence-corrected chi connectivity index (χ1v) is 11.1. The van der Waals surface area contributed by atoms with Crippen molar-refractivity contribution in [3.63, 3.8) is 0 Å². The second-order valence-corrected chi connectivity index (χ2v) is 8.42. The van der Waals surface area contributed by atoms with E-state index in [1.54, 1.807) is 30.5 Å². The number of furan rings is 1. The molecule has 0 amide bonds. The van der Waals surface area contributed by atoms with E-state index in [4.69, 9.17) is 14.3 Å². The van der Waals surface area contributed by atoms with E-state index in [-0.39, 0.29) is 24.8 Å². The number of carboxylic acid groups (broad SMARTS) is 1. The molecule has 180 valence electrons. The Morgan fingerprint density at radius 2 is 1.88 bits per heavy atom. The van der Waals surface area contributed by atoms with Gasteiger partial charge in [0, 0.05) is 6.42 Å². The summed E-state index contributed by atoms with van der Waals surface area (Å²) in [5.41, 5.74) is 3.33. The predicted octanol–water partition coefficient (Wildman–Crippen LogP) is 5.39. The molecular formula is C27H29FO6. The molecule has 3 rings (SSSR count). The molecular weight excluding hydrogens is 439 g/mol. The number of aliphatic carboxylic acids is 1. The predicted molar refractivity (Wildman–Crippen MR) is 127 cm³/mol. The van der Waals surface area contributed by atoms with E-state index in [0.29, 0.717) is 11.5 Å². The molecule has 0 fully saturated rings. The summed E-state index contributed by atoms with van der Waals surface area (Å²) < 4.78 is 24.9. The lowest BCUT2D eigenvalue weighted by Gasteiger charge is -2.19. The van der Waals surface area contributed by atoms with E-state index in [0.717, 1.165) is 22.3 Å². The molecule has 34 heavy (non-hydrogen) atoms. The van der Waals surface area contributed by atoms with Crippen LogP contribution in [0.3, 0.4) is 0 Å². The molecule has 2 atom stereocenters. The summed E-state index contributed by atoms with van der Waals surface area (Å²) in [6.45, 7) is 4.32. The van der Waals surface area contributed by atoms with Crippen LogP contribution in [0.1, 0.15) is 49.5 Å². The summed E-state index contributed by atoms with van der Waals surface area (Å²) in [4.78, 5) is 10.8. The number of benzene rings is 2. The average Bonchev–Trinajstić information content (AvgIpc) is 3.29. The molecule has 2 aromatic carbocycles. The number of aliphatic hydroxyl groups is 2. The summed E-state index contributed by atoms with van der Waals surface area (Å²) in [5, 5.41) is 29.0. The topological polar surface area (TPSA) is 100 Å². The summed E-state index contributed by atoms with van der Waals surface area (Å²) in [7, 11) is 0. The Hall–Kier alpha value is -3.42. The molecule has 0 aliphatic rings. The Kier molecular flexibility index (Phi) is 8.62. The first kappa shape index (κ1) is 25.2. The number of carboxylic acids is 1. The van der Waals surface area contributed by atoms with Gasteiger partial charge in [-0.05, 0) is 64.6 Å². The highest BCUT2D eigenvalue weighted by Gasteiger charge is 2.17. The van der Waals surface area contributed by atoms with Crippen molar-refractivity contribution in [2.75, 3.05) is 0 Å². The van der Waals surface area contributed by atoms with Crippen LogP contribution in [0, 0.1) is 5.82 Å². The molecule has 0 spiro atoms. The van der Waals surface area contributed by atoms with Crippen molar-refractivity contribution in [1.82, 2.24) is 0 Å². The van der Waals surface area contributed by atoms with Crippen LogP contribution in [0.4, 0.5) is 4.39 Å². The van der Waals surface area contributed by atoms with Crippen LogP contribution in [0.2, 0.25) is 0 Å². The van der Waals surface area contributed by atoms with Gasteiger partial charge in [-0.2, -0.15) is 0 Å². The van der Waals surface area contributed by atoms with Gasteiger partial charge in [0.15, 0.2) is 0 Å². The molecule has 0 aliphatic carbocycles. The van der Waals surface area contributed by atoms with Crippen LogP contribution in [0.15, 0.2) is 65.3 Å². The normalized spacial score (nSPS) is 13.4. The third-order valence-electron chi connectivity index (χ3n) is 5.33. The summed E-state index contributed by atoms with van der Waals surface area (Å²) >= 11 is 0. The minimum atomic E-state index is -1.16. The zero-order valence-corrected chi connectivity index (χ0v) is 19.1. The zero-order chi connectivity index (χ0) is 24.7. The Balaban J connectivity index is 1.97. The molecule has 3 N–H and O–H groups in total. The van der Waals surface area contributed by atoms with Crippen molar-refractivity contribution < 1.29 is 33.7 Å². The molecule has 7 heteroatoms. The monoisotopic (exact) mass is 468 g/mol. The molecule has 0 aliphatic heterocycles. The van der Waals surface area contributed by atoms with Gasteiger partial charge < -0.3 is 24.5 Å². The van der Waals surface area contributed by atoms with Gasteiger partial charge >= 0.3 is 5.97 Å². The third-order valence-corrected chi connectivity index (χ3v) is 5.33. The first-order chi connectivity index (χ1) is 16.2. The van der Waals surface area contributed by atoms with Crippen LogP contribution in [-0.4, -0.2) is 33.5 Å². The number of rotatable bonds is 11. The quantitative estimate of drug-likeness (QED) is 0.349. The molecule has 2 unspecified atom stereocenters. The third kappa shape index (κ3) is 7.04. The highest BCUT2D eigenvalue weighted by atomic mass is 19.1. The Morgan fingerprint density at radius 3 is 2.50 bits per heavy atom. The van der Waals surface area contributed by atoms with Crippen molar-refractivity contribution in [2.45, 2.75) is 51.4 Å². The second-order valence-electron chi connectivity index (χ2n) is 8.42. The van der Waals surface area contributed by atoms with E-state index >= 15 is 0 Å². The molecule has 3 aromatic rings. The van der Waals surface area contributed by atoms with E-state index in [9.17, 15) is 19.4 Å². The average molecular weight is 469 g/mol. The number of hydrogen-bond acceptors (Lipinski definition) is 5. The summed E-state index contributed by atoms with van der Waals surface area (Å²) in [6, 6.07) is 13.5. The van der Waals surface area contributed by atoms with Crippen molar-refractivity contribution in [1.29, 1.82) is 0 Å². The lowest BCUT2D eigenvalue weighted by atomic mass is 9.89. The van der Waals surface area contributed by atoms with Crippen molar-refractivity contribution >= 4 is 12.0 Å². The zero-order valence-electron chi connectivity index (χ0n) is 19.1. The van der Waals surface area contributed by atoms with Gasteiger partial charge in [0.25, 0.3) is 0 Å². The number of ether oxygens (including phenoxy) is 1. The largest absolute Gasteiger partial charge is 0.486 e. The lowest BCUT2D eigenvalue weighted by molar-refractivity contribution is -0.139. The molecule has 0 saturated heterocycles. The minimum absolute atomic E-state index is 0.0979. The van der Waals surface area contributed by atoms with Crippen LogP contribution >= 0.6 is 0 Å². The number of hydrogen-bond donors (Lipinski definition) is 3. The maximum atomic E-state index is 13.6. The van der Waals surface area contributed by atoms with Gasteiger partial charge in [-0.25, -0.2) is 4.39 Å². The Morgan fingerprint density at radius 1 is 1.15 bits per heavy atom. The molecule has 0 saturated carbocycles. The highest BCUT2D eigenvalue weighted by molar-refractivity contribution is 5.79. The van der Waals surface area contributed by atoms with Gasteiger partial charge in [-0.15, -0.1) is 0 Å². The van der Waals surface area contributed by atoms with Gasteiger partial charge in [-0.3, -0.25) is 4.79 Å². The van der Waals surface area contributed by atoms with Gasteiger partial charge in [0.2, 0.25) is 0 Å². The van der Waals surface area contributed by atoms with E-state index < -0.39 is 24.6 Å². The Labute approximate surface area is 197 Å². The number of carbonyl (C=O) groups is 1. The lowest BCUT2D eigenvalue weighted by Crippen LogP contribution is -2.19. The van der Waals surface area contributed by atoms with Crippen molar-refractivity contribution in [3.05, 3.63) is 83.6 Å². The number of aliphatic hydroxyl groups excluding tert-OH is 2. The Bertz CT molecular complexity index is 1100. The SMILES string of the molecule is CC(C)c1cc(OCc2ccco2)cc(-c2ccc(F)cc2)c1/C=C/C(O)CC(O)CC(=O)O. The van der Waals surface area contributed by atoms with E-state index in [1.165, 1.54) is 18.2 Å². The van der Waals surface area contributed by atoms with Crippen LogP contribution in [0.5, 0.6) is 5.75 Å². The summed E-state index contributed by atoms with van der Waals surface area (Å²) in [5.74, 6) is -0.0799. The maximum Gasteiger partial charge on any atom is 0.305 e. The smallest absolute Gasteiger partial charge is 0.305 e. The molecule has 0 bridgehead atoms. The van der Waals surface area contributed by atoms with Gasteiger partial charge in [0.05, 0.1) is 24.9 Å². The van der Waals surface area contributed by atoms with Crippen LogP contribution in [-0.2, 0) is 11.4 Å². The standard InChI is InChI=1S/C27H29FO6/c1-17(2)25-14-23(34-16-22-4-3-11-33-22)15-26(18-5-7-19(28)8-6-18)24(25)10-9-20(29)12-21(30)13-27(31)32/h3-11,14-15,17,20-21,29-30H,12-13,16H2,1-2H3,(H,31,32)/b10-9+. The highest BCUT2D eigenvalue weighted by Crippen LogP contribution is 2.36. The fourth-order valence-electron chi connectivity index (χ4n) is 3.66. The second kappa shape index (κ2) is 11.6. The van der Waals surface area contributed by atoms with Gasteiger partial charge in [-0.1, -0.05) is 38.1 Å². The van der Waals surface area contributed by atoms with Gasteiger partial charge in [0.1, 0.15) is 23.9 Å².